The number of fused-ring (bicyclic) bond motifs is 1. The quantitative estimate of drug-likeness (QED) is 0.810. The van der Waals surface area contributed by atoms with Crippen LogP contribution >= 0.6 is 15.9 Å². The van der Waals surface area contributed by atoms with E-state index in [1.54, 1.807) is 25.1 Å². The minimum atomic E-state index is -0.446. The lowest BCUT2D eigenvalue weighted by atomic mass is 10.2. The fourth-order valence-electron chi connectivity index (χ4n) is 1.59. The molecule has 1 aromatic heterocycles. The Morgan fingerprint density at radius 1 is 1.50 bits per heavy atom. The van der Waals surface area contributed by atoms with E-state index >= 15 is 0 Å². The molecule has 0 amide bonds. The smallest absolute Gasteiger partial charge is 0.326 e. The molecule has 5 nitrogen and oxygen atoms in total. The van der Waals surface area contributed by atoms with Crippen molar-refractivity contribution < 1.29 is 9.53 Å². The molecule has 0 aliphatic heterocycles. The maximum Gasteiger partial charge on any atom is 0.326 e. The van der Waals surface area contributed by atoms with Crippen molar-refractivity contribution in [1.82, 2.24) is 9.55 Å². The van der Waals surface area contributed by atoms with Crippen LogP contribution in [0.1, 0.15) is 6.92 Å². The number of carbonyl (C=O) groups is 1. The van der Waals surface area contributed by atoms with Crippen molar-refractivity contribution in [2.45, 2.75) is 13.5 Å². The summed E-state index contributed by atoms with van der Waals surface area (Å²) in [5.74, 6) is -0.446. The van der Waals surface area contributed by atoms with E-state index in [0.717, 1.165) is 4.47 Å². The normalized spacial score (nSPS) is 10.6. The minimum absolute atomic E-state index is 0.119. The van der Waals surface area contributed by atoms with Crippen LogP contribution in [0.25, 0.3) is 10.9 Å². The molecule has 0 aliphatic rings. The molecule has 0 radical (unpaired) electrons. The van der Waals surface area contributed by atoms with Crippen LogP contribution in [-0.2, 0) is 16.1 Å². The Morgan fingerprint density at radius 3 is 3.00 bits per heavy atom. The monoisotopic (exact) mass is 310 g/mol. The fraction of sp³-hybridized carbons (Fsp3) is 0.250. The molecule has 0 saturated heterocycles. The van der Waals surface area contributed by atoms with Gasteiger partial charge in [-0.3, -0.25) is 14.2 Å². The minimum Gasteiger partial charge on any atom is -0.465 e. The maximum atomic E-state index is 12.1. The summed E-state index contributed by atoms with van der Waals surface area (Å²) in [6.07, 6.45) is 1.36. The number of hydrogen-bond donors (Lipinski definition) is 0. The second kappa shape index (κ2) is 5.30. The Morgan fingerprint density at radius 2 is 2.28 bits per heavy atom. The molecule has 0 aliphatic carbocycles. The Balaban J connectivity index is 2.42. The lowest BCUT2D eigenvalue weighted by Gasteiger charge is -2.06. The fourth-order valence-corrected chi connectivity index (χ4v) is 1.94. The summed E-state index contributed by atoms with van der Waals surface area (Å²) in [5, 5.41) is 0.477. The van der Waals surface area contributed by atoms with Gasteiger partial charge in [0.2, 0.25) is 0 Å². The molecule has 0 spiro atoms. The first-order valence-electron chi connectivity index (χ1n) is 5.42. The number of hydrogen-bond acceptors (Lipinski definition) is 4. The van der Waals surface area contributed by atoms with Crippen LogP contribution < -0.4 is 5.56 Å². The van der Waals surface area contributed by atoms with Crippen LogP contribution in [0.5, 0.6) is 0 Å². The summed E-state index contributed by atoms with van der Waals surface area (Å²) in [5.41, 5.74) is 0.343. The second-order valence-electron chi connectivity index (χ2n) is 3.64. The lowest BCUT2D eigenvalue weighted by molar-refractivity contribution is -0.143. The number of nitrogens with zero attached hydrogens (tertiary/aromatic N) is 2. The van der Waals surface area contributed by atoms with Gasteiger partial charge >= 0.3 is 5.97 Å². The van der Waals surface area contributed by atoms with Crippen molar-refractivity contribution in [2.75, 3.05) is 6.61 Å². The van der Waals surface area contributed by atoms with E-state index in [1.165, 1.54) is 10.9 Å². The standard InChI is InChI=1S/C12H11BrN2O3/c1-2-18-11(16)6-15-7-14-10-5-8(13)3-4-9(10)12(15)17/h3-5,7H,2,6H2,1H3. The number of halogens is 1. The first-order chi connectivity index (χ1) is 8.61. The molecule has 0 unspecified atom stereocenters. The highest BCUT2D eigenvalue weighted by atomic mass is 79.9. The third-order valence-electron chi connectivity index (χ3n) is 2.39. The number of carbonyl (C=O) groups excluding carboxylic acids is 1. The predicted molar refractivity (Wildman–Crippen MR) is 70.3 cm³/mol. The van der Waals surface area contributed by atoms with Crippen LogP contribution in [0.15, 0.2) is 33.8 Å². The van der Waals surface area contributed by atoms with Gasteiger partial charge in [0.05, 0.1) is 23.8 Å². The molecule has 0 saturated carbocycles. The van der Waals surface area contributed by atoms with Crippen molar-refractivity contribution in [3.63, 3.8) is 0 Å². The van der Waals surface area contributed by atoms with E-state index in [0.29, 0.717) is 17.5 Å². The summed E-state index contributed by atoms with van der Waals surface area (Å²) in [4.78, 5) is 27.6. The average molecular weight is 311 g/mol. The lowest BCUT2D eigenvalue weighted by Crippen LogP contribution is -2.25. The Labute approximate surface area is 112 Å². The number of benzene rings is 1. The van der Waals surface area contributed by atoms with Crippen LogP contribution in [0.4, 0.5) is 0 Å². The topological polar surface area (TPSA) is 61.2 Å². The zero-order valence-corrected chi connectivity index (χ0v) is 11.3. The molecule has 18 heavy (non-hydrogen) atoms. The van der Waals surface area contributed by atoms with Crippen LogP contribution in [0.2, 0.25) is 0 Å². The number of aromatic nitrogens is 2. The Kier molecular flexibility index (Phi) is 3.76. The molecule has 0 bridgehead atoms. The molecular formula is C12H11BrN2O3. The average Bonchev–Trinajstić information content (AvgIpc) is 2.33. The molecule has 0 atom stereocenters. The summed E-state index contributed by atoms with van der Waals surface area (Å²) < 4.78 is 6.89. The van der Waals surface area contributed by atoms with Gasteiger partial charge in [-0.15, -0.1) is 0 Å². The summed E-state index contributed by atoms with van der Waals surface area (Å²) in [6.45, 7) is 1.89. The summed E-state index contributed by atoms with van der Waals surface area (Å²) >= 11 is 3.31. The first kappa shape index (κ1) is 12.8. The molecular weight excluding hydrogens is 300 g/mol. The molecule has 1 aromatic carbocycles. The Hall–Kier alpha value is -1.69. The van der Waals surface area contributed by atoms with E-state index in [-0.39, 0.29) is 12.1 Å². The van der Waals surface area contributed by atoms with Gasteiger partial charge in [0.1, 0.15) is 6.54 Å². The molecule has 0 N–H and O–H groups in total. The largest absolute Gasteiger partial charge is 0.465 e. The van der Waals surface area contributed by atoms with Crippen LogP contribution in [0.3, 0.4) is 0 Å². The molecule has 94 valence electrons. The molecule has 1 heterocycles. The third-order valence-corrected chi connectivity index (χ3v) is 2.89. The van der Waals surface area contributed by atoms with Gasteiger partial charge in [-0.05, 0) is 25.1 Å². The summed E-state index contributed by atoms with van der Waals surface area (Å²) in [6, 6.07) is 5.20. The molecule has 2 aromatic rings. The van der Waals surface area contributed by atoms with Crippen molar-refractivity contribution in [3.05, 3.63) is 39.4 Å². The van der Waals surface area contributed by atoms with E-state index in [2.05, 4.69) is 20.9 Å². The van der Waals surface area contributed by atoms with E-state index < -0.39 is 5.97 Å². The molecule has 2 rings (SSSR count). The third kappa shape index (κ3) is 2.59. The molecule has 6 heteroatoms. The van der Waals surface area contributed by atoms with Crippen molar-refractivity contribution in [2.24, 2.45) is 0 Å². The Bertz CT molecular complexity index is 651. The van der Waals surface area contributed by atoms with Gasteiger partial charge in [0.25, 0.3) is 5.56 Å². The van der Waals surface area contributed by atoms with E-state index in [4.69, 9.17) is 4.74 Å². The highest BCUT2D eigenvalue weighted by molar-refractivity contribution is 9.10. The number of ether oxygens (including phenoxy) is 1. The maximum absolute atomic E-state index is 12.1. The zero-order chi connectivity index (χ0) is 13.1. The van der Waals surface area contributed by atoms with Gasteiger partial charge in [-0.1, -0.05) is 15.9 Å². The van der Waals surface area contributed by atoms with Crippen molar-refractivity contribution in [3.8, 4) is 0 Å². The van der Waals surface area contributed by atoms with Gasteiger partial charge in [-0.25, -0.2) is 4.98 Å². The van der Waals surface area contributed by atoms with E-state index in [1.807, 2.05) is 0 Å². The summed E-state index contributed by atoms with van der Waals surface area (Å²) in [7, 11) is 0. The van der Waals surface area contributed by atoms with Gasteiger partial charge in [-0.2, -0.15) is 0 Å². The first-order valence-corrected chi connectivity index (χ1v) is 6.21. The van der Waals surface area contributed by atoms with Crippen molar-refractivity contribution in [1.29, 1.82) is 0 Å². The van der Waals surface area contributed by atoms with Gasteiger partial charge in [0, 0.05) is 4.47 Å². The predicted octanol–water partition coefficient (Wildman–Crippen LogP) is 1.72. The van der Waals surface area contributed by atoms with Gasteiger partial charge in [0.15, 0.2) is 0 Å². The highest BCUT2D eigenvalue weighted by Crippen LogP contribution is 2.14. The van der Waals surface area contributed by atoms with Crippen LogP contribution in [-0.4, -0.2) is 22.1 Å². The second-order valence-corrected chi connectivity index (χ2v) is 4.56. The zero-order valence-electron chi connectivity index (χ0n) is 9.72. The van der Waals surface area contributed by atoms with Gasteiger partial charge < -0.3 is 4.74 Å². The van der Waals surface area contributed by atoms with E-state index in [9.17, 15) is 9.59 Å². The highest BCUT2D eigenvalue weighted by Gasteiger charge is 2.08. The SMILES string of the molecule is CCOC(=O)Cn1cnc2cc(Br)ccc2c1=O. The number of esters is 1. The van der Waals surface area contributed by atoms with Crippen LogP contribution in [0, 0.1) is 0 Å². The molecule has 0 fully saturated rings. The number of rotatable bonds is 3. The van der Waals surface area contributed by atoms with Crippen molar-refractivity contribution >= 4 is 32.8 Å².